The Morgan fingerprint density at radius 1 is 1.43 bits per heavy atom. The van der Waals surface area contributed by atoms with Crippen molar-refractivity contribution in [2.75, 3.05) is 19.6 Å². The lowest BCUT2D eigenvalue weighted by Crippen LogP contribution is -2.49. The number of hydrogen-bond donors (Lipinski definition) is 1. The van der Waals surface area contributed by atoms with Crippen molar-refractivity contribution in [3.63, 3.8) is 0 Å². The van der Waals surface area contributed by atoms with Gasteiger partial charge in [-0.15, -0.1) is 24.0 Å². The third kappa shape index (κ3) is 5.21. The summed E-state index contributed by atoms with van der Waals surface area (Å²) in [5.41, 5.74) is 0.732. The first-order chi connectivity index (χ1) is 13.1. The van der Waals surface area contributed by atoms with E-state index in [1.54, 1.807) is 18.3 Å². The minimum atomic E-state index is -0.352. The predicted octanol–water partition coefficient (Wildman–Crippen LogP) is 3.46. The van der Waals surface area contributed by atoms with Crippen LogP contribution in [0.25, 0.3) is 0 Å². The minimum absolute atomic E-state index is 0. The number of aliphatic imine (C=N–C) groups is 1. The first-order valence-corrected chi connectivity index (χ1v) is 9.33. The molecular weight excluding hydrogens is 471 g/mol. The van der Waals surface area contributed by atoms with Crippen LogP contribution in [-0.4, -0.2) is 45.0 Å². The van der Waals surface area contributed by atoms with E-state index in [-0.39, 0.29) is 41.1 Å². The lowest BCUT2D eigenvalue weighted by molar-refractivity contribution is -0.385. The number of nitro benzene ring substituents is 1. The highest BCUT2D eigenvalue weighted by molar-refractivity contribution is 14.0. The van der Waals surface area contributed by atoms with Crippen LogP contribution in [0.4, 0.5) is 5.69 Å². The number of aromatic nitrogens is 2. The predicted molar refractivity (Wildman–Crippen MR) is 120 cm³/mol. The summed E-state index contributed by atoms with van der Waals surface area (Å²) in [7, 11) is 0. The molecule has 1 N–H and O–H groups in total. The Morgan fingerprint density at radius 3 is 2.89 bits per heavy atom. The maximum absolute atomic E-state index is 11.2. The third-order valence-electron chi connectivity index (χ3n) is 5.05. The maximum atomic E-state index is 11.2. The molecule has 1 aliphatic heterocycles. The van der Waals surface area contributed by atoms with Gasteiger partial charge < -0.3 is 14.8 Å². The zero-order valence-electron chi connectivity index (χ0n) is 16.2. The van der Waals surface area contributed by atoms with Gasteiger partial charge in [-0.05, 0) is 19.3 Å². The fraction of sp³-hybridized carbons (Fsp3) is 0.474. The van der Waals surface area contributed by atoms with E-state index in [9.17, 15) is 10.1 Å². The molecule has 0 radical (unpaired) electrons. The molecule has 152 valence electrons. The van der Waals surface area contributed by atoms with Crippen molar-refractivity contribution < 1.29 is 4.92 Å². The maximum Gasteiger partial charge on any atom is 0.274 e. The van der Waals surface area contributed by atoms with Gasteiger partial charge in [0.15, 0.2) is 5.96 Å². The molecule has 1 saturated heterocycles. The number of piperidine rings is 1. The van der Waals surface area contributed by atoms with Gasteiger partial charge in [-0.2, -0.15) is 0 Å². The molecule has 2 heterocycles. The number of nitrogens with one attached hydrogen (secondary N) is 1. The molecule has 2 aromatic rings. The molecule has 1 aliphatic rings. The van der Waals surface area contributed by atoms with E-state index in [1.807, 2.05) is 25.5 Å². The number of nitro groups is 1. The molecule has 1 aromatic carbocycles. The quantitative estimate of drug-likeness (QED) is 0.224. The van der Waals surface area contributed by atoms with Gasteiger partial charge in [-0.25, -0.2) is 9.98 Å². The van der Waals surface area contributed by atoms with E-state index in [0.717, 1.165) is 32.0 Å². The Kier molecular flexibility index (Phi) is 8.21. The Labute approximate surface area is 182 Å². The van der Waals surface area contributed by atoms with Gasteiger partial charge in [-0.3, -0.25) is 10.1 Å². The van der Waals surface area contributed by atoms with Crippen molar-refractivity contribution in [3.05, 3.63) is 58.7 Å². The zero-order valence-corrected chi connectivity index (χ0v) is 18.5. The molecule has 28 heavy (non-hydrogen) atoms. The molecule has 1 aromatic heterocycles. The second-order valence-corrected chi connectivity index (χ2v) is 6.85. The van der Waals surface area contributed by atoms with Crippen molar-refractivity contribution in [1.29, 1.82) is 0 Å². The fourth-order valence-corrected chi connectivity index (χ4v) is 3.50. The lowest BCUT2D eigenvalue weighted by Gasteiger charge is -2.39. The van der Waals surface area contributed by atoms with Gasteiger partial charge in [-0.1, -0.05) is 25.1 Å². The number of para-hydroxylation sites is 1. The molecule has 2 atom stereocenters. The Morgan fingerprint density at radius 2 is 2.21 bits per heavy atom. The fourth-order valence-electron chi connectivity index (χ4n) is 3.50. The molecule has 0 amide bonds. The second kappa shape index (κ2) is 10.4. The van der Waals surface area contributed by atoms with E-state index in [2.05, 4.69) is 26.7 Å². The van der Waals surface area contributed by atoms with Crippen LogP contribution in [0, 0.1) is 16.0 Å². The van der Waals surface area contributed by atoms with Gasteiger partial charge in [0, 0.05) is 38.1 Å². The third-order valence-corrected chi connectivity index (χ3v) is 5.05. The van der Waals surface area contributed by atoms with Crippen LogP contribution in [0.3, 0.4) is 0 Å². The lowest BCUT2D eigenvalue weighted by atomic mass is 9.93. The normalized spacial score (nSPS) is 19.8. The molecule has 2 unspecified atom stereocenters. The molecule has 8 nitrogen and oxygen atoms in total. The molecule has 1 fully saturated rings. The van der Waals surface area contributed by atoms with Gasteiger partial charge >= 0.3 is 0 Å². The summed E-state index contributed by atoms with van der Waals surface area (Å²) >= 11 is 0. The van der Waals surface area contributed by atoms with Crippen LogP contribution in [0.1, 0.15) is 31.9 Å². The van der Waals surface area contributed by atoms with E-state index in [4.69, 9.17) is 4.99 Å². The van der Waals surface area contributed by atoms with Crippen LogP contribution in [0.15, 0.2) is 48.0 Å². The average molecular weight is 498 g/mol. The summed E-state index contributed by atoms with van der Waals surface area (Å²) in [5.74, 6) is 1.35. The average Bonchev–Trinajstić information content (AvgIpc) is 3.20. The molecule has 0 spiro atoms. The smallest absolute Gasteiger partial charge is 0.274 e. The number of halogens is 1. The van der Waals surface area contributed by atoms with Crippen molar-refractivity contribution in [3.8, 4) is 0 Å². The van der Waals surface area contributed by atoms with E-state index in [1.165, 1.54) is 6.07 Å². The SMILES string of the molecule is CCNC(=NCc1ccccc1[N+](=O)[O-])N1CCC(C)C(n2ccnc2)C1.I. The van der Waals surface area contributed by atoms with Gasteiger partial charge in [0.25, 0.3) is 5.69 Å². The number of rotatable bonds is 5. The molecule has 0 bridgehead atoms. The standard InChI is InChI=1S/C19H26N6O2.HI/c1-3-21-19(22-12-16-6-4-5-7-17(16)25(26)27)23-10-8-15(2)18(13-23)24-11-9-20-14-24;/h4-7,9,11,14-15,18H,3,8,10,12-13H2,1-2H3,(H,21,22);1H. The first-order valence-electron chi connectivity index (χ1n) is 9.33. The van der Waals surface area contributed by atoms with E-state index < -0.39 is 0 Å². The Bertz CT molecular complexity index is 795. The monoisotopic (exact) mass is 498 g/mol. The van der Waals surface area contributed by atoms with Crippen LogP contribution in [0.5, 0.6) is 0 Å². The number of guanidine groups is 1. The summed E-state index contributed by atoms with van der Waals surface area (Å²) in [6.07, 6.45) is 6.72. The van der Waals surface area contributed by atoms with Crippen LogP contribution >= 0.6 is 24.0 Å². The number of imidazole rings is 1. The molecule has 0 aliphatic carbocycles. The number of nitrogens with zero attached hydrogens (tertiary/aromatic N) is 5. The molecule has 0 saturated carbocycles. The topological polar surface area (TPSA) is 88.6 Å². The molecule has 9 heteroatoms. The number of hydrogen-bond acceptors (Lipinski definition) is 4. The summed E-state index contributed by atoms with van der Waals surface area (Å²) in [5, 5.41) is 14.6. The second-order valence-electron chi connectivity index (χ2n) is 6.85. The van der Waals surface area contributed by atoms with Crippen LogP contribution in [0.2, 0.25) is 0 Å². The van der Waals surface area contributed by atoms with Crippen molar-refractivity contribution >= 4 is 35.6 Å². The zero-order chi connectivity index (χ0) is 19.2. The highest BCUT2D eigenvalue weighted by Gasteiger charge is 2.29. The Hall–Kier alpha value is -2.17. The molecular formula is C19H27IN6O2. The van der Waals surface area contributed by atoms with E-state index in [0.29, 0.717) is 17.5 Å². The van der Waals surface area contributed by atoms with Crippen molar-refractivity contribution in [2.45, 2.75) is 32.9 Å². The highest BCUT2D eigenvalue weighted by atomic mass is 127. The summed E-state index contributed by atoms with van der Waals surface area (Å²) < 4.78 is 2.16. The molecule has 3 rings (SSSR count). The van der Waals surface area contributed by atoms with Crippen molar-refractivity contribution in [1.82, 2.24) is 19.8 Å². The first kappa shape index (κ1) is 22.1. The van der Waals surface area contributed by atoms with Crippen LogP contribution in [-0.2, 0) is 6.54 Å². The van der Waals surface area contributed by atoms with Gasteiger partial charge in [0.1, 0.15) is 0 Å². The number of likely N-dealkylation sites (tertiary alicyclic amines) is 1. The Balaban J connectivity index is 0.00000280. The van der Waals surface area contributed by atoms with Gasteiger partial charge in [0.2, 0.25) is 0 Å². The number of benzene rings is 1. The summed E-state index contributed by atoms with van der Waals surface area (Å²) in [6.45, 7) is 7.06. The largest absolute Gasteiger partial charge is 0.357 e. The summed E-state index contributed by atoms with van der Waals surface area (Å²) in [6, 6.07) is 7.10. The highest BCUT2D eigenvalue weighted by Crippen LogP contribution is 2.27. The summed E-state index contributed by atoms with van der Waals surface area (Å²) in [4.78, 5) is 22.0. The minimum Gasteiger partial charge on any atom is -0.357 e. The van der Waals surface area contributed by atoms with Crippen molar-refractivity contribution in [2.24, 2.45) is 10.9 Å². The van der Waals surface area contributed by atoms with Gasteiger partial charge in [0.05, 0.1) is 29.4 Å². The van der Waals surface area contributed by atoms with Crippen LogP contribution < -0.4 is 5.32 Å². The van der Waals surface area contributed by atoms with E-state index >= 15 is 0 Å².